The van der Waals surface area contributed by atoms with Gasteiger partial charge in [-0.1, -0.05) is 0 Å². The third kappa shape index (κ3) is 5.70. The number of ether oxygens (including phenoxy) is 1. The topological polar surface area (TPSA) is 143 Å². The number of sulfonamides is 1. The van der Waals surface area contributed by atoms with Crippen molar-refractivity contribution in [3.05, 3.63) is 17.9 Å². The van der Waals surface area contributed by atoms with E-state index in [-0.39, 0.29) is 49.5 Å². The molecule has 11 nitrogen and oxygen atoms in total. The number of amides is 3. The van der Waals surface area contributed by atoms with Gasteiger partial charge in [-0.3, -0.25) is 9.59 Å². The van der Waals surface area contributed by atoms with Gasteiger partial charge < -0.3 is 24.7 Å². The summed E-state index contributed by atoms with van der Waals surface area (Å²) >= 11 is 0. The van der Waals surface area contributed by atoms with Crippen LogP contribution in [0.3, 0.4) is 0 Å². The number of carbonyl (C=O) groups excluding carboxylic acids is 3. The fourth-order valence-electron chi connectivity index (χ4n) is 2.60. The molecular formula is C17H26N4O7S. The minimum absolute atomic E-state index is 0.0524. The third-order valence-corrected chi connectivity index (χ3v) is 5.86. The van der Waals surface area contributed by atoms with Crippen LogP contribution >= 0.6 is 0 Å². The van der Waals surface area contributed by atoms with Gasteiger partial charge in [0.05, 0.1) is 0 Å². The van der Waals surface area contributed by atoms with Crippen molar-refractivity contribution in [1.29, 1.82) is 0 Å². The molecule has 0 aliphatic carbocycles. The SMILES string of the molecule is CN(CC(=O)N1CCN(S(=O)(=O)c2ccc(C(N)=O)o2)CC1)C(=O)OC(C)(C)C. The molecule has 1 saturated heterocycles. The number of nitrogens with two attached hydrogens (primary N) is 1. The van der Waals surface area contributed by atoms with E-state index in [4.69, 9.17) is 14.9 Å². The Balaban J connectivity index is 1.93. The van der Waals surface area contributed by atoms with Crippen molar-refractivity contribution < 1.29 is 32.0 Å². The maximum atomic E-state index is 12.6. The number of likely N-dealkylation sites (N-methyl/N-ethyl adjacent to an activating group) is 1. The van der Waals surface area contributed by atoms with Crippen molar-refractivity contribution in [2.24, 2.45) is 5.73 Å². The minimum atomic E-state index is -3.94. The number of nitrogens with zero attached hydrogens (tertiary/aromatic N) is 3. The number of piperazine rings is 1. The fourth-order valence-corrected chi connectivity index (χ4v) is 3.94. The van der Waals surface area contributed by atoms with E-state index in [9.17, 15) is 22.8 Å². The molecule has 1 aromatic rings. The molecule has 0 saturated carbocycles. The summed E-state index contributed by atoms with van der Waals surface area (Å²) in [5, 5.41) is -0.379. The quantitative estimate of drug-likeness (QED) is 0.696. The van der Waals surface area contributed by atoms with Gasteiger partial charge in [0.1, 0.15) is 12.1 Å². The molecule has 162 valence electrons. The highest BCUT2D eigenvalue weighted by Gasteiger charge is 2.33. The van der Waals surface area contributed by atoms with Crippen molar-refractivity contribution in [2.45, 2.75) is 31.5 Å². The lowest BCUT2D eigenvalue weighted by atomic mass is 10.2. The lowest BCUT2D eigenvalue weighted by Gasteiger charge is -2.34. The van der Waals surface area contributed by atoms with Gasteiger partial charge in [-0.15, -0.1) is 0 Å². The third-order valence-electron chi connectivity index (χ3n) is 4.09. The number of rotatable bonds is 5. The largest absolute Gasteiger partial charge is 0.444 e. The molecule has 2 N–H and O–H groups in total. The summed E-state index contributed by atoms with van der Waals surface area (Å²) in [6, 6.07) is 2.37. The maximum absolute atomic E-state index is 12.6. The molecule has 1 fully saturated rings. The Morgan fingerprint density at radius 1 is 1.17 bits per heavy atom. The second kappa shape index (κ2) is 8.41. The molecule has 29 heavy (non-hydrogen) atoms. The first-order valence-corrected chi connectivity index (χ1v) is 10.4. The summed E-state index contributed by atoms with van der Waals surface area (Å²) in [6.07, 6.45) is -0.616. The molecule has 3 amide bonds. The van der Waals surface area contributed by atoms with E-state index >= 15 is 0 Å². The van der Waals surface area contributed by atoms with Crippen LogP contribution in [0.4, 0.5) is 4.79 Å². The molecule has 2 rings (SSSR count). The van der Waals surface area contributed by atoms with Gasteiger partial charge in [-0.25, -0.2) is 13.2 Å². The van der Waals surface area contributed by atoms with E-state index < -0.39 is 27.6 Å². The molecule has 0 spiro atoms. The van der Waals surface area contributed by atoms with Crippen LogP contribution in [0.2, 0.25) is 0 Å². The summed E-state index contributed by atoms with van der Waals surface area (Å²) in [5.41, 5.74) is 4.40. The van der Waals surface area contributed by atoms with Gasteiger partial charge in [0.25, 0.3) is 15.9 Å². The summed E-state index contributed by atoms with van der Waals surface area (Å²) in [7, 11) is -2.49. The Bertz CT molecular complexity index is 880. The number of furan rings is 1. The van der Waals surface area contributed by atoms with Crippen molar-refractivity contribution >= 4 is 27.9 Å². The van der Waals surface area contributed by atoms with Crippen LogP contribution in [0, 0.1) is 0 Å². The van der Waals surface area contributed by atoms with Gasteiger partial charge in [-0.2, -0.15) is 4.31 Å². The monoisotopic (exact) mass is 430 g/mol. The molecule has 1 aliphatic heterocycles. The molecule has 0 bridgehead atoms. The van der Waals surface area contributed by atoms with Gasteiger partial charge in [0.2, 0.25) is 11.0 Å². The Hall–Kier alpha value is -2.60. The van der Waals surface area contributed by atoms with E-state index in [1.807, 2.05) is 0 Å². The van der Waals surface area contributed by atoms with Crippen molar-refractivity contribution in [1.82, 2.24) is 14.1 Å². The van der Waals surface area contributed by atoms with Gasteiger partial charge >= 0.3 is 6.09 Å². The zero-order valence-corrected chi connectivity index (χ0v) is 17.7. The summed E-state index contributed by atoms with van der Waals surface area (Å²) in [4.78, 5) is 38.1. The van der Waals surface area contributed by atoms with Crippen molar-refractivity contribution in [2.75, 3.05) is 39.8 Å². The molecule has 0 radical (unpaired) electrons. The minimum Gasteiger partial charge on any atom is -0.444 e. The lowest BCUT2D eigenvalue weighted by Crippen LogP contribution is -2.52. The van der Waals surface area contributed by atoms with E-state index in [2.05, 4.69) is 0 Å². The predicted octanol–water partition coefficient (Wildman–Crippen LogP) is 0.0783. The van der Waals surface area contributed by atoms with Crippen LogP contribution in [0.1, 0.15) is 31.3 Å². The number of primary amides is 1. The standard InChI is InChI=1S/C17H26N4O7S/c1-17(2,3)28-16(24)19(4)11-13(22)20-7-9-21(10-8-20)29(25,26)14-6-5-12(27-14)15(18)23/h5-6H,7-11H2,1-4H3,(H2,18,23). The highest BCUT2D eigenvalue weighted by molar-refractivity contribution is 7.89. The lowest BCUT2D eigenvalue weighted by molar-refractivity contribution is -0.133. The molecule has 12 heteroatoms. The van der Waals surface area contributed by atoms with Gasteiger partial charge in [0, 0.05) is 33.2 Å². The van der Waals surface area contributed by atoms with Crippen molar-refractivity contribution in [3.63, 3.8) is 0 Å². The predicted molar refractivity (Wildman–Crippen MR) is 101 cm³/mol. The second-order valence-electron chi connectivity index (χ2n) is 7.60. The molecule has 0 unspecified atom stereocenters. The molecule has 2 heterocycles. The second-order valence-corrected chi connectivity index (χ2v) is 9.47. The summed E-state index contributed by atoms with van der Waals surface area (Å²) in [6.45, 7) is 5.42. The van der Waals surface area contributed by atoms with Crippen LogP contribution in [-0.4, -0.2) is 85.8 Å². The van der Waals surface area contributed by atoms with Crippen LogP contribution in [-0.2, 0) is 19.6 Å². The number of carbonyl (C=O) groups is 3. The average Bonchev–Trinajstić information content (AvgIpc) is 3.11. The first kappa shape index (κ1) is 22.7. The normalized spacial score (nSPS) is 15.8. The summed E-state index contributed by atoms with van der Waals surface area (Å²) in [5.74, 6) is -1.43. The van der Waals surface area contributed by atoms with Crippen LogP contribution in [0.25, 0.3) is 0 Å². The van der Waals surface area contributed by atoms with E-state index in [1.54, 1.807) is 20.8 Å². The first-order chi connectivity index (χ1) is 13.3. The smallest absolute Gasteiger partial charge is 0.410 e. The maximum Gasteiger partial charge on any atom is 0.410 e. The summed E-state index contributed by atoms with van der Waals surface area (Å²) < 4.78 is 36.6. The zero-order chi connectivity index (χ0) is 22.0. The Morgan fingerprint density at radius 2 is 1.76 bits per heavy atom. The highest BCUT2D eigenvalue weighted by atomic mass is 32.2. The Kier molecular flexibility index (Phi) is 6.58. The first-order valence-electron chi connectivity index (χ1n) is 8.93. The van der Waals surface area contributed by atoms with E-state index in [0.717, 1.165) is 4.31 Å². The van der Waals surface area contributed by atoms with Crippen LogP contribution in [0.5, 0.6) is 0 Å². The van der Waals surface area contributed by atoms with Crippen LogP contribution in [0.15, 0.2) is 21.6 Å². The Morgan fingerprint density at radius 3 is 2.24 bits per heavy atom. The van der Waals surface area contributed by atoms with E-state index in [1.165, 1.54) is 29.0 Å². The molecule has 1 aromatic heterocycles. The fraction of sp³-hybridized carbons (Fsp3) is 0.588. The zero-order valence-electron chi connectivity index (χ0n) is 16.9. The van der Waals surface area contributed by atoms with Crippen molar-refractivity contribution in [3.8, 4) is 0 Å². The molecule has 1 aliphatic rings. The van der Waals surface area contributed by atoms with Gasteiger partial charge in [0.15, 0.2) is 5.76 Å². The van der Waals surface area contributed by atoms with Gasteiger partial charge in [-0.05, 0) is 32.9 Å². The molecule has 0 atom stereocenters. The molecule has 0 aromatic carbocycles. The average molecular weight is 430 g/mol. The van der Waals surface area contributed by atoms with E-state index in [0.29, 0.717) is 0 Å². The Labute approximate surface area is 169 Å². The van der Waals surface area contributed by atoms with Crippen LogP contribution < -0.4 is 5.73 Å². The molecular weight excluding hydrogens is 404 g/mol. The number of hydrogen-bond donors (Lipinski definition) is 1. The number of hydrogen-bond acceptors (Lipinski definition) is 7. The highest BCUT2D eigenvalue weighted by Crippen LogP contribution is 2.20.